The number of sulfone groups is 1. The highest BCUT2D eigenvalue weighted by Gasteiger charge is 2.29. The molecule has 1 saturated heterocycles. The van der Waals surface area contributed by atoms with Crippen LogP contribution in [-0.4, -0.2) is 69.5 Å². The Morgan fingerprint density at radius 2 is 2.21 bits per heavy atom. The van der Waals surface area contributed by atoms with Crippen molar-refractivity contribution >= 4 is 15.7 Å². The molecule has 2 N–H and O–H groups in total. The monoisotopic (exact) mass is 356 g/mol. The Bertz CT molecular complexity index is 677. The number of carbonyl (C=O) groups excluding carboxylic acids is 1. The molecule has 0 saturated carbocycles. The van der Waals surface area contributed by atoms with Gasteiger partial charge in [-0.15, -0.1) is 0 Å². The van der Waals surface area contributed by atoms with Gasteiger partial charge in [-0.2, -0.15) is 0 Å². The smallest absolute Gasteiger partial charge is 0.239 e. The molecule has 24 heavy (non-hydrogen) atoms. The summed E-state index contributed by atoms with van der Waals surface area (Å²) in [6.07, 6.45) is 1.76. The Morgan fingerprint density at radius 1 is 1.46 bits per heavy atom. The summed E-state index contributed by atoms with van der Waals surface area (Å²) in [6, 6.07) is 6.04. The van der Waals surface area contributed by atoms with Crippen LogP contribution in [0, 0.1) is 0 Å². The van der Waals surface area contributed by atoms with Crippen LogP contribution in [0.3, 0.4) is 0 Å². The number of nitrogens with one attached hydrogen (secondary N) is 1. The van der Waals surface area contributed by atoms with Crippen molar-refractivity contribution in [1.29, 1.82) is 0 Å². The van der Waals surface area contributed by atoms with Crippen molar-refractivity contribution in [3.8, 4) is 5.75 Å². The molecule has 2 unspecified atom stereocenters. The maximum Gasteiger partial charge on any atom is 0.239 e. The summed E-state index contributed by atoms with van der Waals surface area (Å²) < 4.78 is 28.6. The standard InChI is InChI=1S/C16H24N2O5S/c1-18(16(20)15-9-12(19)11-17-15)7-4-8-23-13-5-3-6-14(10-13)24(2,21)22/h3,5-6,10,12,15,17,19H,4,7-9,11H2,1-2H3. The minimum atomic E-state index is -3.25. The molecule has 1 fully saturated rings. The molecule has 0 radical (unpaired) electrons. The van der Waals surface area contributed by atoms with Crippen molar-refractivity contribution < 1.29 is 23.1 Å². The van der Waals surface area contributed by atoms with Crippen LogP contribution >= 0.6 is 0 Å². The first-order valence-corrected chi connectivity index (χ1v) is 9.76. The second kappa shape index (κ2) is 7.96. The quantitative estimate of drug-likeness (QED) is 0.670. The van der Waals surface area contributed by atoms with Gasteiger partial charge in [0.05, 0.1) is 23.6 Å². The van der Waals surface area contributed by atoms with Crippen molar-refractivity contribution in [3.63, 3.8) is 0 Å². The third-order valence-electron chi connectivity index (χ3n) is 3.92. The average Bonchev–Trinajstić information content (AvgIpc) is 2.96. The molecule has 0 spiro atoms. The number of rotatable bonds is 7. The summed E-state index contributed by atoms with van der Waals surface area (Å²) in [5.74, 6) is 0.457. The lowest BCUT2D eigenvalue weighted by atomic mass is 10.2. The van der Waals surface area contributed by atoms with E-state index in [4.69, 9.17) is 4.74 Å². The molecular formula is C16H24N2O5S. The molecule has 1 heterocycles. The largest absolute Gasteiger partial charge is 0.493 e. The zero-order valence-corrected chi connectivity index (χ0v) is 14.8. The van der Waals surface area contributed by atoms with E-state index in [2.05, 4.69) is 5.32 Å². The zero-order chi connectivity index (χ0) is 17.7. The first-order valence-electron chi connectivity index (χ1n) is 7.86. The average molecular weight is 356 g/mol. The number of nitrogens with zero attached hydrogens (tertiary/aromatic N) is 1. The fraction of sp³-hybridized carbons (Fsp3) is 0.562. The Hall–Kier alpha value is -1.64. The molecule has 8 heteroatoms. The Balaban J connectivity index is 1.75. The topological polar surface area (TPSA) is 95.9 Å². The van der Waals surface area contributed by atoms with E-state index in [0.29, 0.717) is 38.3 Å². The van der Waals surface area contributed by atoms with Crippen molar-refractivity contribution in [2.75, 3.05) is 33.0 Å². The van der Waals surface area contributed by atoms with E-state index in [1.165, 1.54) is 12.1 Å². The highest BCUT2D eigenvalue weighted by molar-refractivity contribution is 7.90. The highest BCUT2D eigenvalue weighted by atomic mass is 32.2. The predicted molar refractivity (Wildman–Crippen MR) is 89.7 cm³/mol. The fourth-order valence-electron chi connectivity index (χ4n) is 2.57. The fourth-order valence-corrected chi connectivity index (χ4v) is 3.22. The summed E-state index contributed by atoms with van der Waals surface area (Å²) in [6.45, 7) is 1.36. The first-order chi connectivity index (χ1) is 11.3. The van der Waals surface area contributed by atoms with Crippen molar-refractivity contribution in [2.24, 2.45) is 0 Å². The van der Waals surface area contributed by atoms with Gasteiger partial charge in [0.25, 0.3) is 0 Å². The zero-order valence-electron chi connectivity index (χ0n) is 13.9. The van der Waals surface area contributed by atoms with Crippen LogP contribution in [0.2, 0.25) is 0 Å². The van der Waals surface area contributed by atoms with Gasteiger partial charge in [-0.3, -0.25) is 4.79 Å². The lowest BCUT2D eigenvalue weighted by Crippen LogP contribution is -2.42. The number of likely N-dealkylation sites (N-methyl/N-ethyl adjacent to an activating group) is 1. The van der Waals surface area contributed by atoms with E-state index in [9.17, 15) is 18.3 Å². The van der Waals surface area contributed by atoms with Gasteiger partial charge < -0.3 is 20.1 Å². The number of carbonyl (C=O) groups is 1. The van der Waals surface area contributed by atoms with Crippen LogP contribution in [0.4, 0.5) is 0 Å². The van der Waals surface area contributed by atoms with Crippen LogP contribution in [-0.2, 0) is 14.6 Å². The van der Waals surface area contributed by atoms with E-state index in [1.54, 1.807) is 24.1 Å². The van der Waals surface area contributed by atoms with Crippen LogP contribution in [0.5, 0.6) is 5.75 Å². The molecule has 0 aliphatic carbocycles. The second-order valence-electron chi connectivity index (χ2n) is 6.06. The van der Waals surface area contributed by atoms with Crippen molar-refractivity contribution in [1.82, 2.24) is 10.2 Å². The van der Waals surface area contributed by atoms with E-state index in [-0.39, 0.29) is 16.8 Å². The molecule has 7 nitrogen and oxygen atoms in total. The van der Waals surface area contributed by atoms with Gasteiger partial charge in [-0.1, -0.05) is 6.07 Å². The normalized spacial score (nSPS) is 20.8. The number of β-amino-alcohol motifs (C(OH)–C–C–N with tert-alkyl or cyclic N) is 1. The van der Waals surface area contributed by atoms with Gasteiger partial charge in [0, 0.05) is 26.4 Å². The van der Waals surface area contributed by atoms with E-state index >= 15 is 0 Å². The van der Waals surface area contributed by atoms with Gasteiger partial charge in [0.2, 0.25) is 5.91 Å². The Labute approximate surface area is 142 Å². The molecule has 1 aromatic carbocycles. The predicted octanol–water partition coefficient (Wildman–Crippen LogP) is 0.0402. The summed E-state index contributed by atoms with van der Waals surface area (Å²) >= 11 is 0. The molecular weight excluding hydrogens is 332 g/mol. The van der Waals surface area contributed by atoms with Gasteiger partial charge in [0.15, 0.2) is 9.84 Å². The van der Waals surface area contributed by atoms with Crippen molar-refractivity contribution in [2.45, 2.75) is 29.9 Å². The minimum Gasteiger partial charge on any atom is -0.493 e. The number of amides is 1. The maximum absolute atomic E-state index is 12.2. The number of benzene rings is 1. The maximum atomic E-state index is 12.2. The van der Waals surface area contributed by atoms with E-state index in [1.807, 2.05) is 0 Å². The number of aliphatic hydroxyl groups is 1. The third kappa shape index (κ3) is 5.19. The summed E-state index contributed by atoms with van der Waals surface area (Å²) in [5, 5.41) is 12.4. The number of hydrogen-bond donors (Lipinski definition) is 2. The number of aliphatic hydroxyl groups excluding tert-OH is 1. The second-order valence-corrected chi connectivity index (χ2v) is 8.07. The summed E-state index contributed by atoms with van der Waals surface area (Å²) in [4.78, 5) is 14.0. The summed E-state index contributed by atoms with van der Waals surface area (Å²) in [7, 11) is -1.53. The molecule has 1 aromatic rings. The van der Waals surface area contributed by atoms with Crippen LogP contribution in [0.1, 0.15) is 12.8 Å². The molecule has 1 aliphatic heterocycles. The molecule has 134 valence electrons. The van der Waals surface area contributed by atoms with Crippen LogP contribution in [0.25, 0.3) is 0 Å². The van der Waals surface area contributed by atoms with Crippen LogP contribution in [0.15, 0.2) is 29.2 Å². The van der Waals surface area contributed by atoms with E-state index < -0.39 is 15.9 Å². The Morgan fingerprint density at radius 3 is 2.83 bits per heavy atom. The molecule has 1 aliphatic rings. The van der Waals surface area contributed by atoms with Gasteiger partial charge in [-0.25, -0.2) is 8.42 Å². The molecule has 2 rings (SSSR count). The molecule has 2 atom stereocenters. The van der Waals surface area contributed by atoms with Gasteiger partial charge in [0.1, 0.15) is 5.75 Å². The van der Waals surface area contributed by atoms with E-state index in [0.717, 1.165) is 6.26 Å². The molecule has 0 aromatic heterocycles. The van der Waals surface area contributed by atoms with Crippen LogP contribution < -0.4 is 10.1 Å². The van der Waals surface area contributed by atoms with Crippen molar-refractivity contribution in [3.05, 3.63) is 24.3 Å². The Kier molecular flexibility index (Phi) is 6.20. The molecule has 1 amide bonds. The lowest BCUT2D eigenvalue weighted by molar-refractivity contribution is -0.132. The first kappa shape index (κ1) is 18.7. The SMILES string of the molecule is CN(CCCOc1cccc(S(C)(=O)=O)c1)C(=O)C1CC(O)CN1. The number of hydrogen-bond acceptors (Lipinski definition) is 6. The number of ether oxygens (including phenoxy) is 1. The minimum absolute atomic E-state index is 0.0365. The summed E-state index contributed by atoms with van der Waals surface area (Å²) in [5.41, 5.74) is 0. The molecule has 0 bridgehead atoms. The highest BCUT2D eigenvalue weighted by Crippen LogP contribution is 2.17. The third-order valence-corrected chi connectivity index (χ3v) is 5.03. The van der Waals surface area contributed by atoms with Gasteiger partial charge >= 0.3 is 0 Å². The lowest BCUT2D eigenvalue weighted by Gasteiger charge is -2.21. The van der Waals surface area contributed by atoms with Gasteiger partial charge in [-0.05, 0) is 31.0 Å².